The van der Waals surface area contributed by atoms with Crippen LogP contribution >= 0.6 is 0 Å². The number of hydrogen-bond acceptors (Lipinski definition) is 5. The summed E-state index contributed by atoms with van der Waals surface area (Å²) in [6, 6.07) is 2.09. The van der Waals surface area contributed by atoms with Gasteiger partial charge >= 0.3 is 5.97 Å². The number of benzene rings is 1. The number of nitrogens with zero attached hydrogens (tertiary/aromatic N) is 1. The monoisotopic (exact) mass is 320 g/mol. The summed E-state index contributed by atoms with van der Waals surface area (Å²) in [5, 5.41) is 19.3. The first-order chi connectivity index (χ1) is 9.63. The van der Waals surface area contributed by atoms with Crippen LogP contribution in [0, 0.1) is 21.8 Å². The largest absolute Gasteiger partial charge is 0.481 e. The zero-order valence-corrected chi connectivity index (χ0v) is 11.8. The number of nitro benzene ring substituents is 1. The molecular formula is C11H13FN2O6S. The van der Waals surface area contributed by atoms with E-state index in [9.17, 15) is 27.7 Å². The maximum atomic E-state index is 13.0. The molecule has 0 amide bonds. The number of carbonyl (C=O) groups is 1. The molecule has 0 radical (unpaired) electrons. The lowest BCUT2D eigenvalue weighted by Gasteiger charge is -2.11. The summed E-state index contributed by atoms with van der Waals surface area (Å²) in [7, 11) is -4.23. The van der Waals surface area contributed by atoms with Crippen LogP contribution in [0.5, 0.6) is 0 Å². The maximum absolute atomic E-state index is 13.0. The third-order valence-corrected chi connectivity index (χ3v) is 4.02. The van der Waals surface area contributed by atoms with Crippen LogP contribution in [0.25, 0.3) is 0 Å². The fourth-order valence-electron chi connectivity index (χ4n) is 1.56. The molecule has 1 rings (SSSR count). The average Bonchev–Trinajstić information content (AvgIpc) is 2.35. The second kappa shape index (κ2) is 6.59. The number of aliphatic carboxylic acids is 1. The van der Waals surface area contributed by atoms with Crippen molar-refractivity contribution >= 4 is 21.7 Å². The lowest BCUT2D eigenvalue weighted by Crippen LogP contribution is -2.29. The molecule has 1 aromatic rings. The van der Waals surface area contributed by atoms with E-state index in [2.05, 4.69) is 4.72 Å². The number of sulfonamides is 1. The molecule has 1 aromatic carbocycles. The number of rotatable bonds is 7. The molecule has 2 N–H and O–H groups in total. The molecule has 0 fully saturated rings. The van der Waals surface area contributed by atoms with Gasteiger partial charge in [0, 0.05) is 13.0 Å². The summed E-state index contributed by atoms with van der Waals surface area (Å²) < 4.78 is 39.0. The Bertz CT molecular complexity index is 661. The Morgan fingerprint density at radius 3 is 2.67 bits per heavy atom. The van der Waals surface area contributed by atoms with E-state index in [0.29, 0.717) is 6.07 Å². The van der Waals surface area contributed by atoms with Gasteiger partial charge in [-0.1, -0.05) is 6.92 Å². The van der Waals surface area contributed by atoms with E-state index in [1.165, 1.54) is 6.92 Å². The summed E-state index contributed by atoms with van der Waals surface area (Å²) >= 11 is 0. The van der Waals surface area contributed by atoms with E-state index in [1.54, 1.807) is 0 Å². The molecule has 1 unspecified atom stereocenters. The van der Waals surface area contributed by atoms with Crippen LogP contribution in [-0.4, -0.2) is 31.0 Å². The minimum absolute atomic E-state index is 0.205. The Kier molecular flexibility index (Phi) is 5.33. The zero-order chi connectivity index (χ0) is 16.2. The molecule has 0 heterocycles. The molecule has 0 spiro atoms. The average molecular weight is 320 g/mol. The first-order valence-corrected chi connectivity index (χ1v) is 7.27. The highest BCUT2D eigenvalue weighted by molar-refractivity contribution is 7.89. The number of carboxylic acids is 1. The molecule has 0 saturated carbocycles. The highest BCUT2D eigenvalue weighted by atomic mass is 32.2. The topological polar surface area (TPSA) is 127 Å². The Morgan fingerprint density at radius 1 is 1.52 bits per heavy atom. The Balaban J connectivity index is 2.98. The fraction of sp³-hybridized carbons (Fsp3) is 0.364. The van der Waals surface area contributed by atoms with Crippen molar-refractivity contribution in [3.63, 3.8) is 0 Å². The van der Waals surface area contributed by atoms with Crippen LogP contribution < -0.4 is 4.72 Å². The molecular weight excluding hydrogens is 307 g/mol. The molecule has 116 valence electrons. The van der Waals surface area contributed by atoms with Gasteiger partial charge in [0.05, 0.1) is 11.0 Å². The fourth-order valence-corrected chi connectivity index (χ4v) is 2.88. The number of nitrogens with one attached hydrogen (secondary N) is 1. The first-order valence-electron chi connectivity index (χ1n) is 5.79. The van der Waals surface area contributed by atoms with E-state index in [0.717, 1.165) is 12.1 Å². The molecule has 0 aromatic heterocycles. The van der Waals surface area contributed by atoms with E-state index < -0.39 is 43.2 Å². The molecule has 0 aliphatic carbocycles. The van der Waals surface area contributed by atoms with Crippen LogP contribution in [-0.2, 0) is 14.8 Å². The number of halogens is 1. The Morgan fingerprint density at radius 2 is 2.14 bits per heavy atom. The zero-order valence-electron chi connectivity index (χ0n) is 10.9. The lowest BCUT2D eigenvalue weighted by molar-refractivity contribution is -0.388. The van der Waals surface area contributed by atoms with Gasteiger partial charge in [0.1, 0.15) is 5.82 Å². The molecule has 10 heteroatoms. The molecule has 0 aliphatic heterocycles. The summed E-state index contributed by atoms with van der Waals surface area (Å²) in [6.07, 6.45) is -0.256. The van der Waals surface area contributed by atoms with Gasteiger partial charge in [0.25, 0.3) is 5.69 Å². The van der Waals surface area contributed by atoms with Crippen molar-refractivity contribution in [3.05, 3.63) is 34.1 Å². The summed E-state index contributed by atoms with van der Waals surface area (Å²) in [4.78, 5) is 19.6. The van der Waals surface area contributed by atoms with Gasteiger partial charge in [-0.05, 0) is 18.1 Å². The minimum atomic E-state index is -4.23. The van der Waals surface area contributed by atoms with E-state index >= 15 is 0 Å². The normalized spacial score (nSPS) is 12.9. The maximum Gasteiger partial charge on any atom is 0.303 e. The third-order valence-electron chi connectivity index (χ3n) is 2.55. The van der Waals surface area contributed by atoms with Crippen molar-refractivity contribution in [1.82, 2.24) is 4.72 Å². The lowest BCUT2D eigenvalue weighted by atomic mass is 10.1. The van der Waals surface area contributed by atoms with Crippen molar-refractivity contribution in [2.75, 3.05) is 6.54 Å². The molecule has 0 bridgehead atoms. The smallest absolute Gasteiger partial charge is 0.303 e. The van der Waals surface area contributed by atoms with E-state index in [-0.39, 0.29) is 13.0 Å². The second-order valence-electron chi connectivity index (χ2n) is 4.42. The van der Waals surface area contributed by atoms with Gasteiger partial charge in [-0.2, -0.15) is 0 Å². The summed E-state index contributed by atoms with van der Waals surface area (Å²) in [5.74, 6) is -2.52. The highest BCUT2D eigenvalue weighted by Crippen LogP contribution is 2.24. The predicted molar refractivity (Wildman–Crippen MR) is 69.7 cm³/mol. The van der Waals surface area contributed by atoms with Crippen molar-refractivity contribution in [1.29, 1.82) is 0 Å². The van der Waals surface area contributed by atoms with Crippen LogP contribution in [0.1, 0.15) is 13.3 Å². The van der Waals surface area contributed by atoms with Gasteiger partial charge in [-0.3, -0.25) is 14.9 Å². The number of hydrogen-bond donors (Lipinski definition) is 2. The highest BCUT2D eigenvalue weighted by Gasteiger charge is 2.26. The SMILES string of the molecule is CC(CNS(=O)(=O)c1ccc(F)cc1[N+](=O)[O-])CC(=O)O. The quantitative estimate of drug-likeness (QED) is 0.572. The molecule has 21 heavy (non-hydrogen) atoms. The van der Waals surface area contributed by atoms with Crippen LogP contribution in [0.15, 0.2) is 23.1 Å². The van der Waals surface area contributed by atoms with Crippen molar-refractivity contribution in [3.8, 4) is 0 Å². The standard InChI is InChI=1S/C11H13FN2O6S/c1-7(4-11(15)16)6-13-21(19,20)10-3-2-8(12)5-9(10)14(17)18/h2-3,5,7,13H,4,6H2,1H3,(H,15,16). The summed E-state index contributed by atoms with van der Waals surface area (Å²) in [5.41, 5.74) is -0.881. The minimum Gasteiger partial charge on any atom is -0.481 e. The van der Waals surface area contributed by atoms with Crippen molar-refractivity contribution < 1.29 is 27.6 Å². The van der Waals surface area contributed by atoms with Gasteiger partial charge in [0.15, 0.2) is 4.90 Å². The number of carboxylic acid groups (broad SMARTS) is 1. The van der Waals surface area contributed by atoms with Crippen molar-refractivity contribution in [2.24, 2.45) is 5.92 Å². The second-order valence-corrected chi connectivity index (χ2v) is 6.16. The van der Waals surface area contributed by atoms with E-state index in [1.807, 2.05) is 0 Å². The van der Waals surface area contributed by atoms with Crippen molar-refractivity contribution in [2.45, 2.75) is 18.2 Å². The van der Waals surface area contributed by atoms with Gasteiger partial charge in [0.2, 0.25) is 10.0 Å². The third kappa shape index (κ3) is 4.76. The van der Waals surface area contributed by atoms with Crippen LogP contribution in [0.4, 0.5) is 10.1 Å². The van der Waals surface area contributed by atoms with Gasteiger partial charge in [-0.15, -0.1) is 0 Å². The molecule has 0 aliphatic rings. The molecule has 1 atom stereocenters. The van der Waals surface area contributed by atoms with Crippen LogP contribution in [0.3, 0.4) is 0 Å². The predicted octanol–water partition coefficient (Wildman–Crippen LogP) is 1.12. The Hall–Kier alpha value is -2.07. The van der Waals surface area contributed by atoms with Crippen LogP contribution in [0.2, 0.25) is 0 Å². The van der Waals surface area contributed by atoms with Gasteiger partial charge < -0.3 is 5.11 Å². The number of nitro groups is 1. The molecule has 0 saturated heterocycles. The summed E-state index contributed by atoms with van der Waals surface area (Å²) in [6.45, 7) is 1.30. The first kappa shape index (κ1) is 17.0. The Labute approximate surface area is 119 Å². The molecule has 8 nitrogen and oxygen atoms in total. The van der Waals surface area contributed by atoms with E-state index in [4.69, 9.17) is 5.11 Å². The van der Waals surface area contributed by atoms with Gasteiger partial charge in [-0.25, -0.2) is 17.5 Å².